The third-order valence-corrected chi connectivity index (χ3v) is 4.45. The number of hydrogen-bond donors (Lipinski definition) is 3. The maximum atomic E-state index is 12.5. The van der Waals surface area contributed by atoms with Gasteiger partial charge in [0, 0.05) is 32.7 Å². The number of phenolic OH excluding ortho intramolecular Hbond substituents is 1. The van der Waals surface area contributed by atoms with E-state index in [0.29, 0.717) is 26.3 Å². The largest absolute Gasteiger partial charge is 0.508 e. The molecule has 25 heavy (non-hydrogen) atoms. The standard InChI is InChI=1S/C18H29N3O4/c1-2-17(15-3-5-16(23)6-4-15)19-18(24)21-9-7-20(8-10-21)11-13-25-14-12-22/h3-6,17,22-23H,2,7-14H2,1H3,(H,19,24)/t17-/m1/s1. The molecule has 1 aliphatic rings. The van der Waals surface area contributed by atoms with Gasteiger partial charge < -0.3 is 25.2 Å². The summed E-state index contributed by atoms with van der Waals surface area (Å²) >= 11 is 0. The molecule has 0 bridgehead atoms. The number of amides is 2. The number of nitrogens with one attached hydrogen (secondary N) is 1. The Hall–Kier alpha value is -1.83. The van der Waals surface area contributed by atoms with E-state index in [-0.39, 0.29) is 24.4 Å². The van der Waals surface area contributed by atoms with Crippen molar-refractivity contribution in [1.82, 2.24) is 15.1 Å². The monoisotopic (exact) mass is 351 g/mol. The van der Waals surface area contributed by atoms with Gasteiger partial charge in [0.15, 0.2) is 0 Å². The summed E-state index contributed by atoms with van der Waals surface area (Å²) in [6.07, 6.45) is 0.790. The zero-order valence-electron chi connectivity index (χ0n) is 14.9. The minimum absolute atomic E-state index is 0.0453. The second-order valence-electron chi connectivity index (χ2n) is 6.17. The number of ether oxygens (including phenoxy) is 1. The summed E-state index contributed by atoms with van der Waals surface area (Å²) in [4.78, 5) is 16.6. The molecule has 1 aromatic carbocycles. The lowest BCUT2D eigenvalue weighted by Gasteiger charge is -2.35. The molecule has 3 N–H and O–H groups in total. The van der Waals surface area contributed by atoms with Crippen molar-refractivity contribution in [2.24, 2.45) is 0 Å². The van der Waals surface area contributed by atoms with Crippen LogP contribution in [0.5, 0.6) is 5.75 Å². The molecule has 0 spiro atoms. The molecule has 7 heteroatoms. The fourth-order valence-corrected chi connectivity index (χ4v) is 2.90. The van der Waals surface area contributed by atoms with Crippen molar-refractivity contribution in [2.45, 2.75) is 19.4 Å². The van der Waals surface area contributed by atoms with Crippen LogP contribution < -0.4 is 5.32 Å². The fourth-order valence-electron chi connectivity index (χ4n) is 2.90. The smallest absolute Gasteiger partial charge is 0.317 e. The highest BCUT2D eigenvalue weighted by atomic mass is 16.5. The van der Waals surface area contributed by atoms with Gasteiger partial charge in [0.05, 0.1) is 25.9 Å². The number of aliphatic hydroxyl groups is 1. The Balaban J connectivity index is 1.76. The summed E-state index contributed by atoms with van der Waals surface area (Å²) in [5, 5.41) is 21.2. The van der Waals surface area contributed by atoms with Crippen LogP contribution in [0.4, 0.5) is 4.79 Å². The summed E-state index contributed by atoms with van der Waals surface area (Å²) in [7, 11) is 0. The van der Waals surface area contributed by atoms with Gasteiger partial charge in [0.1, 0.15) is 5.75 Å². The Kier molecular flexibility index (Phi) is 7.97. The van der Waals surface area contributed by atoms with E-state index < -0.39 is 0 Å². The van der Waals surface area contributed by atoms with Gasteiger partial charge in [0.25, 0.3) is 0 Å². The van der Waals surface area contributed by atoms with Gasteiger partial charge in [-0.1, -0.05) is 19.1 Å². The van der Waals surface area contributed by atoms with Crippen LogP contribution in [-0.4, -0.2) is 78.6 Å². The quantitative estimate of drug-likeness (QED) is 0.613. The van der Waals surface area contributed by atoms with Crippen LogP contribution in [0.3, 0.4) is 0 Å². The molecule has 1 aliphatic heterocycles. The first-order valence-electron chi connectivity index (χ1n) is 8.89. The molecule has 0 aromatic heterocycles. The Labute approximate surface area is 149 Å². The van der Waals surface area contributed by atoms with Crippen LogP contribution in [0.15, 0.2) is 24.3 Å². The summed E-state index contributed by atoms with van der Waals surface area (Å²) in [6.45, 7) is 6.91. The van der Waals surface area contributed by atoms with Crippen LogP contribution in [0.25, 0.3) is 0 Å². The molecule has 1 atom stereocenters. The number of carbonyl (C=O) groups is 1. The van der Waals surface area contributed by atoms with Crippen LogP contribution in [0, 0.1) is 0 Å². The third-order valence-electron chi connectivity index (χ3n) is 4.45. The first-order chi connectivity index (χ1) is 12.1. The van der Waals surface area contributed by atoms with Crippen molar-refractivity contribution >= 4 is 6.03 Å². The lowest BCUT2D eigenvalue weighted by Crippen LogP contribution is -2.52. The number of benzene rings is 1. The molecule has 2 rings (SSSR count). The summed E-state index contributed by atoms with van der Waals surface area (Å²) in [5.74, 6) is 0.226. The highest BCUT2D eigenvalue weighted by molar-refractivity contribution is 5.74. The number of urea groups is 1. The fraction of sp³-hybridized carbons (Fsp3) is 0.611. The molecule has 0 aliphatic carbocycles. The van der Waals surface area contributed by atoms with Crippen LogP contribution in [-0.2, 0) is 4.74 Å². The van der Waals surface area contributed by atoms with E-state index in [1.54, 1.807) is 12.1 Å². The average Bonchev–Trinajstić information content (AvgIpc) is 2.64. The van der Waals surface area contributed by atoms with E-state index >= 15 is 0 Å². The predicted octanol–water partition coefficient (Wildman–Crippen LogP) is 1.18. The Morgan fingerprint density at radius 3 is 2.48 bits per heavy atom. The van der Waals surface area contributed by atoms with E-state index in [4.69, 9.17) is 9.84 Å². The second-order valence-corrected chi connectivity index (χ2v) is 6.17. The number of aliphatic hydroxyl groups excluding tert-OH is 1. The molecule has 0 unspecified atom stereocenters. The molecule has 7 nitrogen and oxygen atoms in total. The molecule has 1 fully saturated rings. The Bertz CT molecular complexity index is 516. The van der Waals surface area contributed by atoms with Crippen molar-refractivity contribution < 1.29 is 19.7 Å². The predicted molar refractivity (Wildman–Crippen MR) is 95.6 cm³/mol. The number of phenols is 1. The van der Waals surface area contributed by atoms with E-state index in [1.165, 1.54) is 0 Å². The van der Waals surface area contributed by atoms with Crippen molar-refractivity contribution in [3.05, 3.63) is 29.8 Å². The first-order valence-corrected chi connectivity index (χ1v) is 8.89. The van der Waals surface area contributed by atoms with Crippen LogP contribution in [0.2, 0.25) is 0 Å². The maximum absolute atomic E-state index is 12.5. The first kappa shape index (κ1) is 19.5. The van der Waals surface area contributed by atoms with E-state index in [1.807, 2.05) is 24.0 Å². The molecule has 1 aromatic rings. The number of nitrogens with zero attached hydrogens (tertiary/aromatic N) is 2. The number of carbonyl (C=O) groups excluding carboxylic acids is 1. The molecule has 2 amide bonds. The Morgan fingerprint density at radius 2 is 1.88 bits per heavy atom. The Morgan fingerprint density at radius 1 is 1.20 bits per heavy atom. The van der Waals surface area contributed by atoms with Crippen molar-refractivity contribution in [1.29, 1.82) is 0 Å². The zero-order valence-corrected chi connectivity index (χ0v) is 14.9. The third kappa shape index (κ3) is 6.19. The maximum Gasteiger partial charge on any atom is 0.317 e. The van der Waals surface area contributed by atoms with Gasteiger partial charge in [-0.05, 0) is 24.1 Å². The number of hydrogen-bond acceptors (Lipinski definition) is 5. The lowest BCUT2D eigenvalue weighted by molar-refractivity contribution is 0.0616. The van der Waals surface area contributed by atoms with Crippen molar-refractivity contribution in [2.75, 3.05) is 52.5 Å². The molecule has 140 valence electrons. The summed E-state index contributed by atoms with van der Waals surface area (Å²) in [6, 6.07) is 6.86. The normalized spacial score (nSPS) is 16.6. The lowest BCUT2D eigenvalue weighted by atomic mass is 10.0. The molecular weight excluding hydrogens is 322 g/mol. The van der Waals surface area contributed by atoms with Crippen molar-refractivity contribution in [3.8, 4) is 5.75 Å². The van der Waals surface area contributed by atoms with E-state index in [0.717, 1.165) is 31.6 Å². The highest BCUT2D eigenvalue weighted by Gasteiger charge is 2.23. The zero-order chi connectivity index (χ0) is 18.1. The molecule has 0 saturated carbocycles. The number of aromatic hydroxyl groups is 1. The van der Waals surface area contributed by atoms with Crippen LogP contribution in [0.1, 0.15) is 24.9 Å². The average molecular weight is 351 g/mol. The topological polar surface area (TPSA) is 85.3 Å². The van der Waals surface area contributed by atoms with E-state index in [2.05, 4.69) is 10.2 Å². The minimum Gasteiger partial charge on any atom is -0.508 e. The summed E-state index contributed by atoms with van der Waals surface area (Å²) in [5.41, 5.74) is 0.994. The summed E-state index contributed by atoms with van der Waals surface area (Å²) < 4.78 is 5.28. The molecule has 1 heterocycles. The van der Waals surface area contributed by atoms with E-state index in [9.17, 15) is 9.90 Å². The minimum atomic E-state index is -0.0574. The van der Waals surface area contributed by atoms with Gasteiger partial charge >= 0.3 is 6.03 Å². The second kappa shape index (κ2) is 10.2. The van der Waals surface area contributed by atoms with Gasteiger partial charge in [-0.2, -0.15) is 0 Å². The molecule has 0 radical (unpaired) electrons. The van der Waals surface area contributed by atoms with Gasteiger partial charge in [-0.3, -0.25) is 4.90 Å². The SMILES string of the molecule is CC[C@@H](NC(=O)N1CCN(CCOCCO)CC1)c1ccc(O)cc1. The highest BCUT2D eigenvalue weighted by Crippen LogP contribution is 2.20. The van der Waals surface area contributed by atoms with Gasteiger partial charge in [-0.25, -0.2) is 4.79 Å². The molecular formula is C18H29N3O4. The molecule has 1 saturated heterocycles. The number of piperazine rings is 1. The van der Waals surface area contributed by atoms with Gasteiger partial charge in [0.2, 0.25) is 0 Å². The van der Waals surface area contributed by atoms with Crippen LogP contribution >= 0.6 is 0 Å². The van der Waals surface area contributed by atoms with Gasteiger partial charge in [-0.15, -0.1) is 0 Å². The number of rotatable bonds is 8. The van der Waals surface area contributed by atoms with Crippen molar-refractivity contribution in [3.63, 3.8) is 0 Å².